The Morgan fingerprint density at radius 3 is 2.61 bits per heavy atom. The molecule has 0 fully saturated rings. The maximum absolute atomic E-state index is 11.8. The lowest BCUT2D eigenvalue weighted by molar-refractivity contribution is -0.142. The summed E-state index contributed by atoms with van der Waals surface area (Å²) in [5, 5.41) is 0. The lowest BCUT2D eigenvalue weighted by Gasteiger charge is -2.13. The van der Waals surface area contributed by atoms with Gasteiger partial charge >= 0.3 is 5.97 Å². The van der Waals surface area contributed by atoms with Crippen molar-refractivity contribution in [3.63, 3.8) is 0 Å². The van der Waals surface area contributed by atoms with E-state index >= 15 is 0 Å². The molecule has 4 nitrogen and oxygen atoms in total. The first kappa shape index (κ1) is 12.2. The summed E-state index contributed by atoms with van der Waals surface area (Å²) in [5.41, 5.74) is 1.24. The van der Waals surface area contributed by atoms with Crippen LogP contribution in [0.4, 0.5) is 0 Å². The molecule has 1 aromatic rings. The number of esters is 1. The van der Waals surface area contributed by atoms with Crippen molar-refractivity contribution in [3.8, 4) is 0 Å². The molecule has 0 N–H and O–H groups in total. The highest BCUT2D eigenvalue weighted by atomic mass is 16.5. The van der Waals surface area contributed by atoms with Gasteiger partial charge in [0.15, 0.2) is 0 Å². The van der Waals surface area contributed by atoms with Crippen LogP contribution in [0.3, 0.4) is 0 Å². The van der Waals surface area contributed by atoms with E-state index in [2.05, 4.69) is 0 Å². The highest BCUT2D eigenvalue weighted by Gasteiger charge is 2.28. The first-order valence-corrected chi connectivity index (χ1v) is 5.67. The number of benzene rings is 1. The molecule has 0 saturated carbocycles. The average Bonchev–Trinajstić information content (AvgIpc) is 2.36. The van der Waals surface area contributed by atoms with Gasteiger partial charge in [-0.2, -0.15) is 0 Å². The second-order valence-electron chi connectivity index (χ2n) is 3.90. The van der Waals surface area contributed by atoms with Crippen LogP contribution >= 0.6 is 0 Å². The van der Waals surface area contributed by atoms with Crippen molar-refractivity contribution in [2.75, 3.05) is 6.61 Å². The summed E-state index contributed by atoms with van der Waals surface area (Å²) in [6.07, 6.45) is 1.42. The third kappa shape index (κ3) is 2.22. The number of carbonyl (C=O) groups is 3. The smallest absolute Gasteiger partial charge is 0.310 e. The second kappa shape index (κ2) is 4.96. The topological polar surface area (TPSA) is 60.4 Å². The molecule has 18 heavy (non-hydrogen) atoms. The SMILES string of the molecule is CCOC(=O)CC1=Cc2ccccc2C(=O)C1=O. The van der Waals surface area contributed by atoms with Gasteiger partial charge < -0.3 is 4.74 Å². The molecule has 0 spiro atoms. The number of rotatable bonds is 3. The van der Waals surface area contributed by atoms with Gasteiger partial charge in [0.1, 0.15) is 0 Å². The van der Waals surface area contributed by atoms with Gasteiger partial charge in [-0.3, -0.25) is 14.4 Å². The van der Waals surface area contributed by atoms with Gasteiger partial charge in [-0.25, -0.2) is 0 Å². The van der Waals surface area contributed by atoms with Crippen LogP contribution in [0.25, 0.3) is 6.08 Å². The molecule has 0 bridgehead atoms. The third-order valence-electron chi connectivity index (χ3n) is 2.67. The number of hydrogen-bond acceptors (Lipinski definition) is 4. The summed E-state index contributed by atoms with van der Waals surface area (Å²) in [4.78, 5) is 35.0. The first-order chi connectivity index (χ1) is 8.63. The van der Waals surface area contributed by atoms with E-state index in [-0.39, 0.29) is 18.6 Å². The van der Waals surface area contributed by atoms with Gasteiger partial charge in [0, 0.05) is 11.1 Å². The molecule has 0 atom stereocenters. The molecule has 0 heterocycles. The predicted molar refractivity (Wildman–Crippen MR) is 65.0 cm³/mol. The van der Waals surface area contributed by atoms with Crippen molar-refractivity contribution < 1.29 is 19.1 Å². The van der Waals surface area contributed by atoms with Crippen LogP contribution in [0, 0.1) is 0 Å². The minimum absolute atomic E-state index is 0.160. The molecule has 92 valence electrons. The van der Waals surface area contributed by atoms with Crippen molar-refractivity contribution in [2.24, 2.45) is 0 Å². The Balaban J connectivity index is 2.32. The molecule has 0 aliphatic heterocycles. The Bertz CT molecular complexity index is 555. The Labute approximate surface area is 104 Å². The molecule has 0 saturated heterocycles. The van der Waals surface area contributed by atoms with Crippen LogP contribution in [-0.2, 0) is 14.3 Å². The van der Waals surface area contributed by atoms with Crippen molar-refractivity contribution >= 4 is 23.6 Å². The quantitative estimate of drug-likeness (QED) is 0.600. The molecule has 1 aliphatic carbocycles. The van der Waals surface area contributed by atoms with Crippen molar-refractivity contribution in [1.29, 1.82) is 0 Å². The molecule has 0 unspecified atom stereocenters. The number of ketones is 2. The van der Waals surface area contributed by atoms with Gasteiger partial charge in [0.25, 0.3) is 0 Å². The summed E-state index contributed by atoms with van der Waals surface area (Å²) in [6.45, 7) is 1.94. The molecule has 1 aliphatic rings. The molecule has 0 radical (unpaired) electrons. The molecule has 0 amide bonds. The standard InChI is InChI=1S/C14H12O4/c1-2-18-12(15)8-10-7-9-5-3-4-6-11(9)14(17)13(10)16/h3-7H,2,8H2,1H3. The lowest BCUT2D eigenvalue weighted by atomic mass is 9.89. The van der Waals surface area contributed by atoms with E-state index in [1.165, 1.54) is 0 Å². The molecule has 1 aromatic carbocycles. The second-order valence-corrected chi connectivity index (χ2v) is 3.90. The molecule has 4 heteroatoms. The first-order valence-electron chi connectivity index (χ1n) is 5.67. The fraction of sp³-hybridized carbons (Fsp3) is 0.214. The normalized spacial score (nSPS) is 13.9. The summed E-state index contributed by atoms with van der Waals surface area (Å²) in [7, 11) is 0. The van der Waals surface area contributed by atoms with Gasteiger partial charge in [-0.15, -0.1) is 0 Å². The number of ether oxygens (including phenoxy) is 1. The van der Waals surface area contributed by atoms with Crippen molar-refractivity contribution in [1.82, 2.24) is 0 Å². The van der Waals surface area contributed by atoms with Gasteiger partial charge in [0.05, 0.1) is 13.0 Å². The third-order valence-corrected chi connectivity index (χ3v) is 2.67. The average molecular weight is 244 g/mol. The maximum Gasteiger partial charge on any atom is 0.310 e. The van der Waals surface area contributed by atoms with Crippen molar-refractivity contribution in [3.05, 3.63) is 41.0 Å². The Hall–Kier alpha value is -2.23. The molecular formula is C14H12O4. The van der Waals surface area contributed by atoms with E-state index < -0.39 is 17.5 Å². The lowest BCUT2D eigenvalue weighted by Crippen LogP contribution is -2.23. The maximum atomic E-state index is 11.8. The number of hydrogen-bond donors (Lipinski definition) is 0. The monoisotopic (exact) mass is 244 g/mol. The van der Waals surface area contributed by atoms with Crippen LogP contribution in [0.15, 0.2) is 29.8 Å². The van der Waals surface area contributed by atoms with Gasteiger partial charge in [0.2, 0.25) is 11.6 Å². The van der Waals surface area contributed by atoms with E-state index in [0.717, 1.165) is 0 Å². The summed E-state index contributed by atoms with van der Waals surface area (Å²) >= 11 is 0. The Kier molecular flexibility index (Phi) is 3.37. The summed E-state index contributed by atoms with van der Waals surface area (Å²) in [6, 6.07) is 6.83. The molecular weight excluding hydrogens is 232 g/mol. The van der Waals surface area contributed by atoms with Gasteiger partial charge in [-0.1, -0.05) is 24.3 Å². The minimum atomic E-state index is -0.623. The number of Topliss-reactive ketones (excluding diaryl/α,β-unsaturated/α-hetero) is 2. The summed E-state index contributed by atoms with van der Waals surface area (Å²) < 4.78 is 4.77. The largest absolute Gasteiger partial charge is 0.466 e. The van der Waals surface area contributed by atoms with E-state index in [4.69, 9.17) is 4.74 Å². The zero-order valence-corrected chi connectivity index (χ0v) is 9.93. The number of carbonyl (C=O) groups excluding carboxylic acids is 3. The molecule has 2 rings (SSSR count). The van der Waals surface area contributed by atoms with Crippen molar-refractivity contribution in [2.45, 2.75) is 13.3 Å². The minimum Gasteiger partial charge on any atom is -0.466 e. The highest BCUT2D eigenvalue weighted by molar-refractivity contribution is 6.52. The van der Waals surface area contributed by atoms with Gasteiger partial charge in [-0.05, 0) is 18.6 Å². The fourth-order valence-corrected chi connectivity index (χ4v) is 1.85. The Morgan fingerprint density at radius 2 is 1.89 bits per heavy atom. The van der Waals surface area contributed by atoms with Crippen LogP contribution < -0.4 is 0 Å². The van der Waals surface area contributed by atoms with E-state index in [1.807, 2.05) is 0 Å². The van der Waals surface area contributed by atoms with Crippen LogP contribution in [0.2, 0.25) is 0 Å². The van der Waals surface area contributed by atoms with Crippen LogP contribution in [0.1, 0.15) is 29.3 Å². The van der Waals surface area contributed by atoms with E-state index in [0.29, 0.717) is 11.1 Å². The Morgan fingerprint density at radius 1 is 1.17 bits per heavy atom. The molecule has 0 aromatic heterocycles. The van der Waals surface area contributed by atoms with E-state index in [9.17, 15) is 14.4 Å². The van der Waals surface area contributed by atoms with E-state index in [1.54, 1.807) is 37.3 Å². The summed E-state index contributed by atoms with van der Waals surface area (Å²) in [5.74, 6) is -1.68. The van der Waals surface area contributed by atoms with Crippen LogP contribution in [0.5, 0.6) is 0 Å². The zero-order valence-electron chi connectivity index (χ0n) is 9.93. The predicted octanol–water partition coefficient (Wildman–Crippen LogP) is 1.79. The highest BCUT2D eigenvalue weighted by Crippen LogP contribution is 2.23. The van der Waals surface area contributed by atoms with Crippen LogP contribution in [-0.4, -0.2) is 24.1 Å². The fourth-order valence-electron chi connectivity index (χ4n) is 1.85. The number of fused-ring (bicyclic) bond motifs is 1. The zero-order chi connectivity index (χ0) is 13.1.